The highest BCUT2D eigenvalue weighted by Crippen LogP contribution is 2.15. The van der Waals surface area contributed by atoms with Crippen LogP contribution in [0.2, 0.25) is 0 Å². The summed E-state index contributed by atoms with van der Waals surface area (Å²) in [5.74, 6) is -1.53. The Hall–Kier alpha value is -1.53. The first-order valence-electron chi connectivity index (χ1n) is 6.65. The van der Waals surface area contributed by atoms with Crippen molar-refractivity contribution in [2.24, 2.45) is 0 Å². The maximum Gasteiger partial charge on any atom is 0.234 e. The van der Waals surface area contributed by atoms with Crippen molar-refractivity contribution in [1.82, 2.24) is 10.2 Å². The largest absolute Gasteiger partial charge is 0.395 e. The van der Waals surface area contributed by atoms with E-state index in [2.05, 4.69) is 5.32 Å². The van der Waals surface area contributed by atoms with Crippen LogP contribution in [0.15, 0.2) is 18.2 Å². The first-order chi connectivity index (χ1) is 9.58. The molecule has 1 aliphatic heterocycles. The van der Waals surface area contributed by atoms with Crippen LogP contribution < -0.4 is 5.32 Å². The summed E-state index contributed by atoms with van der Waals surface area (Å²) in [5.41, 5.74) is 0.385. The van der Waals surface area contributed by atoms with Crippen LogP contribution in [0.5, 0.6) is 0 Å². The molecule has 0 saturated carbocycles. The van der Waals surface area contributed by atoms with Gasteiger partial charge in [0.15, 0.2) is 0 Å². The lowest BCUT2D eigenvalue weighted by molar-refractivity contribution is -0.122. The predicted molar refractivity (Wildman–Crippen MR) is 69.9 cm³/mol. The Morgan fingerprint density at radius 3 is 2.70 bits per heavy atom. The first kappa shape index (κ1) is 14.9. The van der Waals surface area contributed by atoms with Gasteiger partial charge >= 0.3 is 0 Å². The highest BCUT2D eigenvalue weighted by molar-refractivity contribution is 5.78. The molecule has 0 aromatic heterocycles. The summed E-state index contributed by atoms with van der Waals surface area (Å²) >= 11 is 0. The van der Waals surface area contributed by atoms with E-state index in [-0.39, 0.29) is 31.6 Å². The van der Waals surface area contributed by atoms with Crippen molar-refractivity contribution >= 4 is 5.91 Å². The number of benzene rings is 1. The molecule has 1 aliphatic rings. The third kappa shape index (κ3) is 3.98. The highest BCUT2D eigenvalue weighted by atomic mass is 19.1. The Kier molecular flexibility index (Phi) is 5.03. The van der Waals surface area contributed by atoms with Gasteiger partial charge in [0.25, 0.3) is 0 Å². The number of rotatable bonds is 5. The Morgan fingerprint density at radius 1 is 1.35 bits per heavy atom. The van der Waals surface area contributed by atoms with Crippen molar-refractivity contribution in [3.8, 4) is 0 Å². The quantitative estimate of drug-likeness (QED) is 0.849. The molecule has 0 spiro atoms. The number of hydrogen-bond donors (Lipinski definition) is 2. The fraction of sp³-hybridized carbons (Fsp3) is 0.500. The minimum atomic E-state index is -0.658. The van der Waals surface area contributed by atoms with E-state index in [0.717, 1.165) is 25.5 Å². The van der Waals surface area contributed by atoms with Crippen molar-refractivity contribution in [3.63, 3.8) is 0 Å². The molecule has 0 radical (unpaired) electrons. The number of carbonyl (C=O) groups excluding carboxylic acids is 1. The molecule has 1 amide bonds. The average molecular weight is 284 g/mol. The zero-order valence-electron chi connectivity index (χ0n) is 11.1. The van der Waals surface area contributed by atoms with E-state index < -0.39 is 11.6 Å². The first-order valence-corrected chi connectivity index (χ1v) is 6.65. The fourth-order valence-corrected chi connectivity index (χ4v) is 2.46. The summed E-state index contributed by atoms with van der Waals surface area (Å²) in [5, 5.41) is 11.8. The summed E-state index contributed by atoms with van der Waals surface area (Å²) in [6.07, 6.45) is 1.85. The van der Waals surface area contributed by atoms with Gasteiger partial charge in [-0.25, -0.2) is 8.78 Å². The van der Waals surface area contributed by atoms with Gasteiger partial charge < -0.3 is 10.4 Å². The molecule has 4 nitrogen and oxygen atoms in total. The lowest BCUT2D eigenvalue weighted by atomic mass is 10.2. The maximum absolute atomic E-state index is 13.0. The van der Waals surface area contributed by atoms with Gasteiger partial charge in [-0.2, -0.15) is 0 Å². The van der Waals surface area contributed by atoms with Gasteiger partial charge in [-0.3, -0.25) is 9.69 Å². The van der Waals surface area contributed by atoms with E-state index >= 15 is 0 Å². The summed E-state index contributed by atoms with van der Waals surface area (Å²) in [4.78, 5) is 13.7. The topological polar surface area (TPSA) is 52.6 Å². The van der Waals surface area contributed by atoms with E-state index in [1.54, 1.807) is 0 Å². The van der Waals surface area contributed by atoms with E-state index in [9.17, 15) is 13.6 Å². The SMILES string of the molecule is O=C(CN1CCC[C@@H]1CO)NCc1cc(F)cc(F)c1. The third-order valence-electron chi connectivity index (χ3n) is 3.47. The standard InChI is InChI=1S/C14H18F2N2O2/c15-11-4-10(5-12(16)6-11)7-17-14(20)8-18-3-1-2-13(18)9-19/h4-6,13,19H,1-3,7-9H2,(H,17,20)/t13-/m1/s1. The number of carbonyl (C=O) groups is 1. The minimum absolute atomic E-state index is 0.0346. The zero-order chi connectivity index (χ0) is 14.5. The van der Waals surface area contributed by atoms with Crippen molar-refractivity contribution in [3.05, 3.63) is 35.4 Å². The number of nitrogens with zero attached hydrogens (tertiary/aromatic N) is 1. The van der Waals surface area contributed by atoms with Gasteiger partial charge in [-0.15, -0.1) is 0 Å². The number of aliphatic hydroxyl groups excluding tert-OH is 1. The number of aliphatic hydroxyl groups is 1. The molecule has 1 saturated heterocycles. The lowest BCUT2D eigenvalue weighted by Gasteiger charge is -2.21. The van der Waals surface area contributed by atoms with Crippen LogP contribution in [0, 0.1) is 11.6 Å². The van der Waals surface area contributed by atoms with Crippen LogP contribution >= 0.6 is 0 Å². The van der Waals surface area contributed by atoms with Crippen LogP contribution in [0.1, 0.15) is 18.4 Å². The molecular weight excluding hydrogens is 266 g/mol. The molecule has 2 N–H and O–H groups in total. The van der Waals surface area contributed by atoms with Gasteiger partial charge in [-0.05, 0) is 37.1 Å². The minimum Gasteiger partial charge on any atom is -0.395 e. The van der Waals surface area contributed by atoms with Crippen LogP contribution in [-0.2, 0) is 11.3 Å². The van der Waals surface area contributed by atoms with E-state index in [4.69, 9.17) is 5.11 Å². The Morgan fingerprint density at radius 2 is 2.05 bits per heavy atom. The van der Waals surface area contributed by atoms with E-state index in [0.29, 0.717) is 5.56 Å². The molecule has 0 unspecified atom stereocenters. The normalized spacial score (nSPS) is 19.2. The van der Waals surface area contributed by atoms with E-state index in [1.165, 1.54) is 12.1 Å². The maximum atomic E-state index is 13.0. The second-order valence-electron chi connectivity index (χ2n) is 5.00. The Balaban J connectivity index is 1.83. The van der Waals surface area contributed by atoms with Gasteiger partial charge in [-0.1, -0.05) is 0 Å². The second-order valence-corrected chi connectivity index (χ2v) is 5.00. The molecular formula is C14H18F2N2O2. The monoisotopic (exact) mass is 284 g/mol. The van der Waals surface area contributed by atoms with Crippen molar-refractivity contribution < 1.29 is 18.7 Å². The number of nitrogens with one attached hydrogen (secondary N) is 1. The fourth-order valence-electron chi connectivity index (χ4n) is 2.46. The molecule has 0 bridgehead atoms. The molecule has 2 rings (SSSR count). The summed E-state index contributed by atoms with van der Waals surface area (Å²) < 4.78 is 26.0. The second kappa shape index (κ2) is 6.76. The number of hydrogen-bond acceptors (Lipinski definition) is 3. The molecule has 110 valence electrons. The molecule has 1 aromatic carbocycles. The number of likely N-dealkylation sites (tertiary alicyclic amines) is 1. The molecule has 1 heterocycles. The predicted octanol–water partition coefficient (Wildman–Crippen LogP) is 1.04. The Bertz CT molecular complexity index is 462. The molecule has 20 heavy (non-hydrogen) atoms. The summed E-state index contributed by atoms with van der Waals surface area (Å²) in [7, 11) is 0. The third-order valence-corrected chi connectivity index (χ3v) is 3.47. The van der Waals surface area contributed by atoms with Crippen LogP contribution in [-0.4, -0.2) is 41.7 Å². The number of amides is 1. The average Bonchev–Trinajstić information content (AvgIpc) is 2.82. The Labute approximate surface area is 116 Å². The lowest BCUT2D eigenvalue weighted by Crippen LogP contribution is -2.40. The van der Waals surface area contributed by atoms with Gasteiger partial charge in [0, 0.05) is 18.7 Å². The van der Waals surface area contributed by atoms with Crippen molar-refractivity contribution in [1.29, 1.82) is 0 Å². The van der Waals surface area contributed by atoms with Gasteiger partial charge in [0.1, 0.15) is 11.6 Å². The van der Waals surface area contributed by atoms with Crippen LogP contribution in [0.25, 0.3) is 0 Å². The molecule has 6 heteroatoms. The summed E-state index contributed by atoms with van der Waals surface area (Å²) in [6, 6.07) is 3.21. The molecule has 1 atom stereocenters. The number of halogens is 2. The zero-order valence-corrected chi connectivity index (χ0v) is 11.1. The van der Waals surface area contributed by atoms with Crippen LogP contribution in [0.3, 0.4) is 0 Å². The van der Waals surface area contributed by atoms with Crippen molar-refractivity contribution in [2.75, 3.05) is 19.7 Å². The van der Waals surface area contributed by atoms with Crippen molar-refractivity contribution in [2.45, 2.75) is 25.4 Å². The van der Waals surface area contributed by atoms with E-state index in [1.807, 2.05) is 4.90 Å². The van der Waals surface area contributed by atoms with Gasteiger partial charge in [0.05, 0.1) is 13.2 Å². The molecule has 1 aromatic rings. The highest BCUT2D eigenvalue weighted by Gasteiger charge is 2.25. The molecule has 1 fully saturated rings. The van der Waals surface area contributed by atoms with Crippen LogP contribution in [0.4, 0.5) is 8.78 Å². The van der Waals surface area contributed by atoms with Gasteiger partial charge in [0.2, 0.25) is 5.91 Å². The smallest absolute Gasteiger partial charge is 0.234 e. The summed E-state index contributed by atoms with van der Waals surface area (Å²) in [6.45, 7) is 1.11. The molecule has 0 aliphatic carbocycles.